The number of benzene rings is 1. The largest absolute Gasteiger partial charge is 0.491 e. The Kier molecular flexibility index (Phi) is 3.67. The number of hydrogen-bond donors (Lipinski definition) is 1. The molecule has 0 amide bonds. The number of nitrogens with one attached hydrogen (secondary N) is 1. The maximum atomic E-state index is 5.92. The molecule has 1 aromatic carbocycles. The first-order valence-corrected chi connectivity index (χ1v) is 8.46. The molecule has 116 valence electrons. The van der Waals surface area contributed by atoms with Crippen molar-refractivity contribution < 1.29 is 4.74 Å². The molecule has 3 rings (SSSR count). The normalized spacial score (nSPS) is 33.1. The van der Waals surface area contributed by atoms with E-state index in [4.69, 9.17) is 4.74 Å². The summed E-state index contributed by atoms with van der Waals surface area (Å²) in [4.78, 5) is 0. The van der Waals surface area contributed by atoms with Crippen LogP contribution in [0.2, 0.25) is 0 Å². The second-order valence-corrected chi connectivity index (χ2v) is 7.84. The fourth-order valence-corrected chi connectivity index (χ4v) is 4.74. The molecule has 3 unspecified atom stereocenters. The van der Waals surface area contributed by atoms with E-state index in [-0.39, 0.29) is 0 Å². The molecule has 2 saturated carbocycles. The average Bonchev–Trinajstić information content (AvgIpc) is 2.93. The summed E-state index contributed by atoms with van der Waals surface area (Å²) in [5, 5.41) is 3.86. The van der Waals surface area contributed by atoms with Gasteiger partial charge in [-0.3, -0.25) is 0 Å². The molecule has 0 saturated heterocycles. The van der Waals surface area contributed by atoms with Gasteiger partial charge in [-0.1, -0.05) is 39.8 Å². The Morgan fingerprint density at radius 1 is 1.24 bits per heavy atom. The van der Waals surface area contributed by atoms with Gasteiger partial charge in [0.25, 0.3) is 0 Å². The number of fused-ring (bicyclic) bond motifs is 2. The van der Waals surface area contributed by atoms with Gasteiger partial charge in [0, 0.05) is 6.04 Å². The lowest BCUT2D eigenvalue weighted by Gasteiger charge is -2.43. The lowest BCUT2D eigenvalue weighted by atomic mass is 9.68. The van der Waals surface area contributed by atoms with Gasteiger partial charge in [0.15, 0.2) is 0 Å². The molecule has 21 heavy (non-hydrogen) atoms. The van der Waals surface area contributed by atoms with E-state index >= 15 is 0 Å². The second kappa shape index (κ2) is 5.23. The Hall–Kier alpha value is -1.18. The number of para-hydroxylation sites is 2. The van der Waals surface area contributed by atoms with Crippen molar-refractivity contribution in [2.24, 2.45) is 16.7 Å². The van der Waals surface area contributed by atoms with Crippen LogP contribution in [0.15, 0.2) is 24.3 Å². The molecule has 2 bridgehead atoms. The molecular weight excluding hydrogens is 258 g/mol. The van der Waals surface area contributed by atoms with Gasteiger partial charge < -0.3 is 10.1 Å². The topological polar surface area (TPSA) is 21.3 Å². The lowest BCUT2D eigenvalue weighted by Crippen LogP contribution is -2.45. The van der Waals surface area contributed by atoms with Crippen LogP contribution in [0.1, 0.15) is 53.4 Å². The van der Waals surface area contributed by atoms with E-state index in [9.17, 15) is 0 Å². The van der Waals surface area contributed by atoms with Crippen molar-refractivity contribution in [3.05, 3.63) is 24.3 Å². The Morgan fingerprint density at radius 3 is 2.67 bits per heavy atom. The summed E-state index contributed by atoms with van der Waals surface area (Å²) in [7, 11) is 0. The van der Waals surface area contributed by atoms with Crippen LogP contribution in [0.3, 0.4) is 0 Å². The van der Waals surface area contributed by atoms with Crippen LogP contribution in [0, 0.1) is 16.7 Å². The minimum atomic E-state index is 0.366. The highest BCUT2D eigenvalue weighted by Gasteiger charge is 2.59. The number of hydrogen-bond acceptors (Lipinski definition) is 2. The first-order chi connectivity index (χ1) is 9.97. The van der Waals surface area contributed by atoms with E-state index in [2.05, 4.69) is 57.3 Å². The summed E-state index contributed by atoms with van der Waals surface area (Å²) in [6.07, 6.45) is 5.17. The molecular formula is C19H29NO. The first-order valence-electron chi connectivity index (χ1n) is 8.46. The van der Waals surface area contributed by atoms with E-state index in [1.54, 1.807) is 0 Å². The monoisotopic (exact) mass is 287 g/mol. The van der Waals surface area contributed by atoms with Gasteiger partial charge in [-0.15, -0.1) is 0 Å². The maximum Gasteiger partial charge on any atom is 0.142 e. The summed E-state index contributed by atoms with van der Waals surface area (Å²) < 4.78 is 5.92. The first kappa shape index (κ1) is 14.7. The van der Waals surface area contributed by atoms with Crippen LogP contribution in [0.4, 0.5) is 5.69 Å². The highest BCUT2D eigenvalue weighted by molar-refractivity contribution is 5.57. The van der Waals surface area contributed by atoms with E-state index in [0.29, 0.717) is 16.9 Å². The fraction of sp³-hybridized carbons (Fsp3) is 0.684. The zero-order valence-electron chi connectivity index (χ0n) is 13.9. The predicted octanol–water partition coefficient (Wildman–Crippen LogP) is 5.10. The van der Waals surface area contributed by atoms with Crippen molar-refractivity contribution in [2.75, 3.05) is 11.9 Å². The predicted molar refractivity (Wildman–Crippen MR) is 88.9 cm³/mol. The Labute approximate surface area is 129 Å². The minimum absolute atomic E-state index is 0.366. The summed E-state index contributed by atoms with van der Waals surface area (Å²) in [5.74, 6) is 1.87. The van der Waals surface area contributed by atoms with Gasteiger partial charge in [-0.2, -0.15) is 0 Å². The van der Waals surface area contributed by atoms with Gasteiger partial charge >= 0.3 is 0 Å². The number of rotatable bonds is 5. The molecule has 1 N–H and O–H groups in total. The van der Waals surface area contributed by atoms with Gasteiger partial charge in [-0.25, -0.2) is 0 Å². The summed E-state index contributed by atoms with van der Waals surface area (Å²) in [6.45, 7) is 10.3. The lowest BCUT2D eigenvalue weighted by molar-refractivity contribution is 0.155. The molecule has 2 heteroatoms. The second-order valence-electron chi connectivity index (χ2n) is 7.84. The van der Waals surface area contributed by atoms with Crippen molar-refractivity contribution in [3.8, 4) is 5.75 Å². The van der Waals surface area contributed by atoms with Crippen LogP contribution in [-0.4, -0.2) is 12.6 Å². The van der Waals surface area contributed by atoms with Crippen LogP contribution < -0.4 is 10.1 Å². The number of ether oxygens (including phenoxy) is 1. The highest BCUT2D eigenvalue weighted by atomic mass is 16.5. The molecule has 3 atom stereocenters. The van der Waals surface area contributed by atoms with Gasteiger partial charge in [0.05, 0.1) is 12.3 Å². The summed E-state index contributed by atoms with van der Waals surface area (Å²) in [6, 6.07) is 8.94. The minimum Gasteiger partial charge on any atom is -0.491 e. The van der Waals surface area contributed by atoms with E-state index < -0.39 is 0 Å². The van der Waals surface area contributed by atoms with Crippen molar-refractivity contribution in [3.63, 3.8) is 0 Å². The van der Waals surface area contributed by atoms with Crippen LogP contribution >= 0.6 is 0 Å². The zero-order chi connectivity index (χ0) is 15.1. The van der Waals surface area contributed by atoms with Gasteiger partial charge in [0.2, 0.25) is 0 Å². The summed E-state index contributed by atoms with van der Waals surface area (Å²) in [5.41, 5.74) is 1.97. The smallest absolute Gasteiger partial charge is 0.142 e. The molecule has 0 aromatic heterocycles. The van der Waals surface area contributed by atoms with Gasteiger partial charge in [-0.05, 0) is 54.6 Å². The van der Waals surface area contributed by atoms with E-state index in [1.165, 1.54) is 19.3 Å². The van der Waals surface area contributed by atoms with Crippen molar-refractivity contribution in [1.29, 1.82) is 0 Å². The third-order valence-electron chi connectivity index (χ3n) is 5.92. The van der Waals surface area contributed by atoms with Crippen molar-refractivity contribution in [1.82, 2.24) is 0 Å². The molecule has 0 heterocycles. The molecule has 0 spiro atoms. The molecule has 0 radical (unpaired) electrons. The molecule has 1 aromatic rings. The number of anilines is 1. The zero-order valence-corrected chi connectivity index (χ0v) is 13.9. The standard InChI is InChI=1S/C19H29NO/c1-5-12-21-16-9-7-6-8-15(16)20-17-18(2,3)14-10-11-19(17,4)13-14/h6-9,14,17,20H,5,10-13H2,1-4H3. The average molecular weight is 287 g/mol. The van der Waals surface area contributed by atoms with E-state index in [0.717, 1.165) is 30.4 Å². The molecule has 2 nitrogen and oxygen atoms in total. The summed E-state index contributed by atoms with van der Waals surface area (Å²) >= 11 is 0. The molecule has 2 aliphatic carbocycles. The van der Waals surface area contributed by atoms with E-state index in [1.807, 2.05) is 0 Å². The highest BCUT2D eigenvalue weighted by Crippen LogP contribution is 2.63. The maximum absolute atomic E-state index is 5.92. The van der Waals surface area contributed by atoms with Crippen LogP contribution in [-0.2, 0) is 0 Å². The van der Waals surface area contributed by atoms with Crippen molar-refractivity contribution in [2.45, 2.75) is 59.4 Å². The SMILES string of the molecule is CCCOc1ccccc1NC1C2(C)CCC(C2)C1(C)C. The Balaban J connectivity index is 1.83. The third kappa shape index (κ3) is 2.43. The molecule has 2 fully saturated rings. The Morgan fingerprint density at radius 2 is 2.00 bits per heavy atom. The van der Waals surface area contributed by atoms with Gasteiger partial charge in [0.1, 0.15) is 5.75 Å². The third-order valence-corrected chi connectivity index (χ3v) is 5.92. The van der Waals surface area contributed by atoms with Crippen LogP contribution in [0.5, 0.6) is 5.75 Å². The molecule has 0 aliphatic heterocycles. The Bertz CT molecular complexity index is 505. The van der Waals surface area contributed by atoms with Crippen molar-refractivity contribution >= 4 is 5.69 Å². The van der Waals surface area contributed by atoms with Crippen LogP contribution in [0.25, 0.3) is 0 Å². The molecule has 2 aliphatic rings. The fourth-order valence-electron chi connectivity index (χ4n) is 4.74. The quantitative estimate of drug-likeness (QED) is 0.813.